The number of aliphatic imine (C=N–C) groups is 1. The highest BCUT2D eigenvalue weighted by Crippen LogP contribution is 2.16. The smallest absolute Gasteiger partial charge is 0.191 e. The van der Waals surface area contributed by atoms with Gasteiger partial charge in [0, 0.05) is 18.5 Å². The fourth-order valence-corrected chi connectivity index (χ4v) is 3.28. The van der Waals surface area contributed by atoms with E-state index < -0.39 is 0 Å². The quantitative estimate of drug-likeness (QED) is 0.230. The first kappa shape index (κ1) is 23.7. The van der Waals surface area contributed by atoms with Crippen molar-refractivity contribution in [2.75, 3.05) is 20.2 Å². The summed E-state index contributed by atoms with van der Waals surface area (Å²) in [4.78, 5) is 10.1. The Kier molecular flexibility index (Phi) is 11.3. The normalized spacial score (nSPS) is 11.0. The molecule has 27 heavy (non-hydrogen) atoms. The van der Waals surface area contributed by atoms with E-state index in [1.807, 2.05) is 19.1 Å². The molecule has 0 bridgehead atoms. The molecule has 0 unspecified atom stereocenters. The van der Waals surface area contributed by atoms with Crippen LogP contribution in [-0.4, -0.2) is 31.1 Å². The second-order valence-electron chi connectivity index (χ2n) is 6.20. The van der Waals surface area contributed by atoms with Gasteiger partial charge in [-0.3, -0.25) is 4.99 Å². The summed E-state index contributed by atoms with van der Waals surface area (Å²) in [6, 6.07) is 8.34. The number of hydrogen-bond donors (Lipinski definition) is 2. The lowest BCUT2D eigenvalue weighted by Gasteiger charge is -2.11. The molecule has 0 saturated carbocycles. The fraction of sp³-hybridized carbons (Fsp3) is 0.500. The van der Waals surface area contributed by atoms with Crippen molar-refractivity contribution in [2.45, 2.75) is 46.6 Å². The van der Waals surface area contributed by atoms with Gasteiger partial charge in [-0.05, 0) is 44.4 Å². The molecule has 0 aliphatic heterocycles. The second kappa shape index (κ2) is 12.9. The highest BCUT2D eigenvalue weighted by Gasteiger charge is 2.05. The van der Waals surface area contributed by atoms with E-state index >= 15 is 0 Å². The Labute approximate surface area is 184 Å². The highest BCUT2D eigenvalue weighted by molar-refractivity contribution is 14.0. The maximum Gasteiger partial charge on any atom is 0.191 e. The van der Waals surface area contributed by atoms with Gasteiger partial charge < -0.3 is 15.4 Å². The van der Waals surface area contributed by atoms with E-state index in [-0.39, 0.29) is 24.0 Å². The molecule has 2 N–H and O–H groups in total. The van der Waals surface area contributed by atoms with Crippen LogP contribution in [0.15, 0.2) is 29.3 Å². The molecule has 0 fully saturated rings. The van der Waals surface area contributed by atoms with Crippen molar-refractivity contribution >= 4 is 41.3 Å². The van der Waals surface area contributed by atoms with E-state index in [1.165, 1.54) is 10.4 Å². The van der Waals surface area contributed by atoms with E-state index in [9.17, 15) is 0 Å². The summed E-state index contributed by atoms with van der Waals surface area (Å²) >= 11 is 1.73. The third-order valence-corrected chi connectivity index (χ3v) is 5.17. The minimum atomic E-state index is 0. The van der Waals surface area contributed by atoms with Gasteiger partial charge in [-0.25, -0.2) is 4.98 Å². The van der Waals surface area contributed by atoms with Crippen LogP contribution in [0.1, 0.15) is 40.9 Å². The molecule has 0 atom stereocenters. The van der Waals surface area contributed by atoms with Crippen LogP contribution in [0.2, 0.25) is 0 Å². The predicted octanol–water partition coefficient (Wildman–Crippen LogP) is 4.46. The van der Waals surface area contributed by atoms with Crippen molar-refractivity contribution in [3.8, 4) is 5.75 Å². The van der Waals surface area contributed by atoms with Crippen LogP contribution in [0.5, 0.6) is 5.75 Å². The summed E-state index contributed by atoms with van der Waals surface area (Å²) < 4.78 is 5.70. The molecule has 7 heteroatoms. The number of hydrogen-bond acceptors (Lipinski definition) is 4. The number of aromatic nitrogens is 1. The molecule has 0 aliphatic rings. The van der Waals surface area contributed by atoms with Gasteiger partial charge in [0.1, 0.15) is 10.8 Å². The highest BCUT2D eigenvalue weighted by atomic mass is 127. The maximum absolute atomic E-state index is 5.70. The van der Waals surface area contributed by atoms with Crippen molar-refractivity contribution in [1.29, 1.82) is 0 Å². The van der Waals surface area contributed by atoms with Crippen LogP contribution in [0, 0.1) is 13.8 Å². The molecule has 0 amide bonds. The number of nitrogens with one attached hydrogen (secondary N) is 2. The number of aryl methyl sites for hydroxylation is 2. The molecule has 1 heterocycles. The molecule has 0 aliphatic carbocycles. The SMILES string of the molecule is CCCCOc1ccc(CCNC(=NC)NCc2nc(C)c(C)s2)cc1.I. The molecule has 5 nitrogen and oxygen atoms in total. The second-order valence-corrected chi connectivity index (χ2v) is 7.49. The Morgan fingerprint density at radius 3 is 2.52 bits per heavy atom. The first-order valence-electron chi connectivity index (χ1n) is 9.21. The standard InChI is InChI=1S/C20H30N4OS.HI/c1-5-6-13-25-18-9-7-17(8-10-18)11-12-22-20(21-4)23-14-19-24-15(2)16(3)26-19;/h7-10H,5-6,11-14H2,1-4H3,(H2,21,22,23);1H. The van der Waals surface area contributed by atoms with Crippen LogP contribution in [-0.2, 0) is 13.0 Å². The molecule has 2 aromatic rings. The number of ether oxygens (including phenoxy) is 1. The zero-order valence-electron chi connectivity index (χ0n) is 16.7. The molecule has 0 saturated heterocycles. The first-order valence-corrected chi connectivity index (χ1v) is 10.0. The van der Waals surface area contributed by atoms with E-state index in [4.69, 9.17) is 4.74 Å². The zero-order valence-corrected chi connectivity index (χ0v) is 19.8. The van der Waals surface area contributed by atoms with Crippen molar-refractivity contribution in [2.24, 2.45) is 4.99 Å². The van der Waals surface area contributed by atoms with Gasteiger partial charge in [-0.2, -0.15) is 0 Å². The summed E-state index contributed by atoms with van der Waals surface area (Å²) in [6.45, 7) is 8.62. The van der Waals surface area contributed by atoms with Gasteiger partial charge in [0.2, 0.25) is 0 Å². The lowest BCUT2D eigenvalue weighted by atomic mass is 10.1. The average Bonchev–Trinajstić information content (AvgIpc) is 2.97. The van der Waals surface area contributed by atoms with Gasteiger partial charge in [0.15, 0.2) is 5.96 Å². The number of rotatable bonds is 9. The van der Waals surface area contributed by atoms with Crippen LogP contribution in [0.4, 0.5) is 0 Å². The summed E-state index contributed by atoms with van der Waals surface area (Å²) in [5.41, 5.74) is 2.39. The minimum Gasteiger partial charge on any atom is -0.494 e. The molecular formula is C20H31IN4OS. The molecule has 1 aromatic carbocycles. The maximum atomic E-state index is 5.70. The Morgan fingerprint density at radius 1 is 1.19 bits per heavy atom. The number of nitrogens with zero attached hydrogens (tertiary/aromatic N) is 2. The van der Waals surface area contributed by atoms with Gasteiger partial charge >= 0.3 is 0 Å². The third kappa shape index (κ3) is 8.47. The number of thiazole rings is 1. The fourth-order valence-electron chi connectivity index (χ4n) is 2.41. The lowest BCUT2D eigenvalue weighted by molar-refractivity contribution is 0.309. The van der Waals surface area contributed by atoms with Crippen molar-refractivity contribution in [1.82, 2.24) is 15.6 Å². The van der Waals surface area contributed by atoms with Gasteiger partial charge in [-0.1, -0.05) is 25.5 Å². The van der Waals surface area contributed by atoms with E-state index in [1.54, 1.807) is 18.4 Å². The summed E-state index contributed by atoms with van der Waals surface area (Å²) in [7, 11) is 1.79. The Bertz CT molecular complexity index is 681. The Balaban J connectivity index is 0.00000364. The average molecular weight is 502 g/mol. The molecule has 150 valence electrons. The number of benzene rings is 1. The lowest BCUT2D eigenvalue weighted by Crippen LogP contribution is -2.37. The number of halogens is 1. The van der Waals surface area contributed by atoms with Crippen LogP contribution in [0.3, 0.4) is 0 Å². The third-order valence-electron chi connectivity index (χ3n) is 4.10. The minimum absolute atomic E-state index is 0. The van der Waals surface area contributed by atoms with Crippen molar-refractivity contribution in [3.05, 3.63) is 45.4 Å². The van der Waals surface area contributed by atoms with Crippen molar-refractivity contribution < 1.29 is 4.74 Å². The zero-order chi connectivity index (χ0) is 18.8. The van der Waals surface area contributed by atoms with Crippen LogP contribution < -0.4 is 15.4 Å². The molecule has 1 aromatic heterocycles. The molecular weight excluding hydrogens is 471 g/mol. The Morgan fingerprint density at radius 2 is 1.93 bits per heavy atom. The van der Waals surface area contributed by atoms with Crippen LogP contribution in [0.25, 0.3) is 0 Å². The molecule has 0 spiro atoms. The van der Waals surface area contributed by atoms with Gasteiger partial charge in [-0.15, -0.1) is 35.3 Å². The van der Waals surface area contributed by atoms with E-state index in [0.29, 0.717) is 6.54 Å². The first-order chi connectivity index (χ1) is 12.6. The van der Waals surface area contributed by atoms with E-state index in [0.717, 1.165) is 54.8 Å². The van der Waals surface area contributed by atoms with Gasteiger partial charge in [0.05, 0.1) is 18.8 Å². The summed E-state index contributed by atoms with van der Waals surface area (Å²) in [5, 5.41) is 7.75. The number of guanidine groups is 1. The van der Waals surface area contributed by atoms with E-state index in [2.05, 4.69) is 46.6 Å². The number of unbranched alkanes of at least 4 members (excludes halogenated alkanes) is 1. The molecule has 2 rings (SSSR count). The Hall–Kier alpha value is -1.35. The van der Waals surface area contributed by atoms with Gasteiger partial charge in [0.25, 0.3) is 0 Å². The predicted molar refractivity (Wildman–Crippen MR) is 126 cm³/mol. The largest absolute Gasteiger partial charge is 0.494 e. The summed E-state index contributed by atoms with van der Waals surface area (Å²) in [6.07, 6.45) is 3.18. The monoisotopic (exact) mass is 502 g/mol. The topological polar surface area (TPSA) is 58.5 Å². The summed E-state index contributed by atoms with van der Waals surface area (Å²) in [5.74, 6) is 1.75. The molecule has 0 radical (unpaired) electrons. The van der Waals surface area contributed by atoms with Crippen molar-refractivity contribution in [3.63, 3.8) is 0 Å². The van der Waals surface area contributed by atoms with Crippen LogP contribution >= 0.6 is 35.3 Å².